The van der Waals surface area contributed by atoms with Gasteiger partial charge in [-0.1, -0.05) is 37.1 Å². The summed E-state index contributed by atoms with van der Waals surface area (Å²) < 4.78 is 13.8. The molecule has 0 bridgehead atoms. The third kappa shape index (κ3) is 3.41. The van der Waals surface area contributed by atoms with Crippen molar-refractivity contribution in [3.63, 3.8) is 0 Å². The molecule has 1 aromatic heterocycles. The fourth-order valence-corrected chi connectivity index (χ4v) is 2.09. The Bertz CT molecular complexity index is 587. The molecule has 1 heterocycles. The lowest BCUT2D eigenvalue weighted by atomic mass is 10.1. The number of nitrogen functional groups attached to an aromatic ring is 1. The maximum absolute atomic E-state index is 13.8. The van der Waals surface area contributed by atoms with Crippen LogP contribution in [0.2, 0.25) is 5.02 Å². The lowest BCUT2D eigenvalue weighted by Gasteiger charge is -2.06. The topological polar surface area (TPSA) is 51.8 Å². The number of aryl methyl sites for hydroxylation is 1. The van der Waals surface area contributed by atoms with Crippen LogP contribution in [0.3, 0.4) is 0 Å². The van der Waals surface area contributed by atoms with Crippen LogP contribution in [-0.2, 0) is 12.8 Å². The molecule has 100 valence electrons. The zero-order chi connectivity index (χ0) is 13.8. The molecular formula is C14H15ClFN3. The van der Waals surface area contributed by atoms with Gasteiger partial charge in [0.2, 0.25) is 0 Å². The summed E-state index contributed by atoms with van der Waals surface area (Å²) in [6.07, 6.45) is 2.09. The summed E-state index contributed by atoms with van der Waals surface area (Å²) in [5.74, 6) is 0.507. The average molecular weight is 280 g/mol. The summed E-state index contributed by atoms with van der Waals surface area (Å²) in [5, 5.41) is 0.107. The number of hydrogen-bond donors (Lipinski definition) is 1. The second-order valence-corrected chi connectivity index (χ2v) is 4.75. The predicted octanol–water partition coefficient (Wildman–Crippen LogP) is 3.39. The smallest absolute Gasteiger partial charge is 0.145 e. The summed E-state index contributed by atoms with van der Waals surface area (Å²) in [6, 6.07) is 6.65. The van der Waals surface area contributed by atoms with Crippen LogP contribution in [0.15, 0.2) is 24.3 Å². The van der Waals surface area contributed by atoms with E-state index in [0.717, 1.165) is 18.5 Å². The van der Waals surface area contributed by atoms with Crippen LogP contribution >= 0.6 is 11.6 Å². The number of nitrogens with zero attached hydrogens (tertiary/aromatic N) is 2. The predicted molar refractivity (Wildman–Crippen MR) is 74.7 cm³/mol. The van der Waals surface area contributed by atoms with Crippen molar-refractivity contribution in [2.75, 3.05) is 5.73 Å². The monoisotopic (exact) mass is 279 g/mol. The minimum absolute atomic E-state index is 0.107. The fourth-order valence-electron chi connectivity index (χ4n) is 1.89. The quantitative estimate of drug-likeness (QED) is 0.933. The summed E-state index contributed by atoms with van der Waals surface area (Å²) in [4.78, 5) is 8.53. The van der Waals surface area contributed by atoms with Gasteiger partial charge in [0.1, 0.15) is 17.5 Å². The number of halogens is 2. The first-order chi connectivity index (χ1) is 9.10. The first kappa shape index (κ1) is 13.7. The molecule has 19 heavy (non-hydrogen) atoms. The highest BCUT2D eigenvalue weighted by molar-refractivity contribution is 6.30. The molecule has 0 radical (unpaired) electrons. The molecular weight excluding hydrogens is 265 g/mol. The minimum Gasteiger partial charge on any atom is -0.384 e. The number of aromatic nitrogens is 2. The highest BCUT2D eigenvalue weighted by atomic mass is 35.5. The van der Waals surface area contributed by atoms with E-state index in [1.54, 1.807) is 18.2 Å². The Morgan fingerprint density at radius 1 is 1.32 bits per heavy atom. The molecule has 3 nitrogen and oxygen atoms in total. The van der Waals surface area contributed by atoms with E-state index < -0.39 is 5.82 Å². The van der Waals surface area contributed by atoms with Crippen LogP contribution < -0.4 is 5.73 Å². The fraction of sp³-hybridized carbons (Fsp3) is 0.286. The van der Waals surface area contributed by atoms with Gasteiger partial charge in [0, 0.05) is 18.2 Å². The maximum atomic E-state index is 13.8. The molecule has 0 fully saturated rings. The van der Waals surface area contributed by atoms with Gasteiger partial charge < -0.3 is 5.73 Å². The van der Waals surface area contributed by atoms with Crippen LogP contribution in [0.25, 0.3) is 0 Å². The van der Waals surface area contributed by atoms with Gasteiger partial charge in [-0.3, -0.25) is 0 Å². The van der Waals surface area contributed by atoms with E-state index in [4.69, 9.17) is 17.3 Å². The van der Waals surface area contributed by atoms with Crippen molar-refractivity contribution < 1.29 is 4.39 Å². The Balaban J connectivity index is 2.30. The second kappa shape index (κ2) is 5.97. The molecule has 0 amide bonds. The third-order valence-corrected chi connectivity index (χ3v) is 3.02. The first-order valence-electron chi connectivity index (χ1n) is 6.15. The Morgan fingerprint density at radius 2 is 2.11 bits per heavy atom. The van der Waals surface area contributed by atoms with E-state index in [0.29, 0.717) is 17.2 Å². The van der Waals surface area contributed by atoms with Crippen molar-refractivity contribution in [2.24, 2.45) is 0 Å². The van der Waals surface area contributed by atoms with Gasteiger partial charge in [-0.15, -0.1) is 0 Å². The lowest BCUT2D eigenvalue weighted by molar-refractivity contribution is 0.612. The van der Waals surface area contributed by atoms with Crippen LogP contribution in [0.1, 0.15) is 30.4 Å². The van der Waals surface area contributed by atoms with Crippen molar-refractivity contribution in [2.45, 2.75) is 26.2 Å². The van der Waals surface area contributed by atoms with E-state index in [1.165, 1.54) is 6.07 Å². The van der Waals surface area contributed by atoms with Gasteiger partial charge in [0.25, 0.3) is 0 Å². The van der Waals surface area contributed by atoms with Crippen LogP contribution in [0, 0.1) is 5.82 Å². The zero-order valence-corrected chi connectivity index (χ0v) is 11.4. The van der Waals surface area contributed by atoms with E-state index in [-0.39, 0.29) is 11.4 Å². The number of benzene rings is 1. The number of hydrogen-bond acceptors (Lipinski definition) is 3. The van der Waals surface area contributed by atoms with E-state index in [2.05, 4.69) is 16.9 Å². The van der Waals surface area contributed by atoms with E-state index in [9.17, 15) is 4.39 Å². The highest BCUT2D eigenvalue weighted by Crippen LogP contribution is 2.20. The Kier molecular flexibility index (Phi) is 4.32. The van der Waals surface area contributed by atoms with Crippen LogP contribution in [0.4, 0.5) is 10.2 Å². The molecule has 0 aliphatic carbocycles. The number of nitrogens with two attached hydrogens (primary N) is 1. The molecule has 2 N–H and O–H groups in total. The normalized spacial score (nSPS) is 10.7. The Hall–Kier alpha value is -1.68. The SMILES string of the molecule is CCCc1cc(N)nc(Cc2cccc(Cl)c2F)n1. The van der Waals surface area contributed by atoms with Gasteiger partial charge in [0.05, 0.1) is 5.02 Å². The van der Waals surface area contributed by atoms with Gasteiger partial charge in [-0.25, -0.2) is 14.4 Å². The highest BCUT2D eigenvalue weighted by Gasteiger charge is 2.10. The number of rotatable bonds is 4. The Morgan fingerprint density at radius 3 is 2.84 bits per heavy atom. The average Bonchev–Trinajstić information content (AvgIpc) is 2.35. The standard InChI is InChI=1S/C14H15ClFN3/c1-2-4-10-8-12(17)19-13(18-10)7-9-5-3-6-11(15)14(9)16/h3,5-6,8H,2,4,7H2,1H3,(H2,17,18,19). The molecule has 0 aliphatic heterocycles. The molecule has 1 aromatic carbocycles. The molecule has 0 spiro atoms. The van der Waals surface area contributed by atoms with Gasteiger partial charge in [0.15, 0.2) is 0 Å². The summed E-state index contributed by atoms with van der Waals surface area (Å²) in [5.41, 5.74) is 7.09. The summed E-state index contributed by atoms with van der Waals surface area (Å²) >= 11 is 5.75. The largest absolute Gasteiger partial charge is 0.384 e. The van der Waals surface area contributed by atoms with Gasteiger partial charge in [-0.2, -0.15) is 0 Å². The van der Waals surface area contributed by atoms with Crippen LogP contribution in [-0.4, -0.2) is 9.97 Å². The summed E-state index contributed by atoms with van der Waals surface area (Å²) in [6.45, 7) is 2.06. The first-order valence-corrected chi connectivity index (χ1v) is 6.53. The zero-order valence-electron chi connectivity index (χ0n) is 10.7. The van der Waals surface area contributed by atoms with Crippen molar-refractivity contribution in [1.29, 1.82) is 0 Å². The molecule has 5 heteroatoms. The molecule has 0 saturated heterocycles. The molecule has 0 aliphatic rings. The van der Waals surface area contributed by atoms with Crippen molar-refractivity contribution >= 4 is 17.4 Å². The Labute approximate surface area is 116 Å². The van der Waals surface area contributed by atoms with Gasteiger partial charge in [-0.05, 0) is 18.1 Å². The molecule has 0 unspecified atom stereocenters. The van der Waals surface area contributed by atoms with Crippen LogP contribution in [0.5, 0.6) is 0 Å². The number of anilines is 1. The maximum Gasteiger partial charge on any atom is 0.145 e. The van der Waals surface area contributed by atoms with Crippen molar-refractivity contribution in [1.82, 2.24) is 9.97 Å². The van der Waals surface area contributed by atoms with E-state index >= 15 is 0 Å². The molecule has 0 atom stereocenters. The third-order valence-electron chi connectivity index (χ3n) is 2.73. The lowest BCUT2D eigenvalue weighted by Crippen LogP contribution is -2.05. The molecule has 0 saturated carbocycles. The second-order valence-electron chi connectivity index (χ2n) is 4.34. The van der Waals surface area contributed by atoms with Crippen molar-refractivity contribution in [3.05, 3.63) is 52.2 Å². The molecule has 2 rings (SSSR count). The minimum atomic E-state index is -0.424. The molecule has 2 aromatic rings. The summed E-state index contributed by atoms with van der Waals surface area (Å²) in [7, 11) is 0. The van der Waals surface area contributed by atoms with Gasteiger partial charge >= 0.3 is 0 Å². The van der Waals surface area contributed by atoms with Crippen molar-refractivity contribution in [3.8, 4) is 0 Å². The van der Waals surface area contributed by atoms with E-state index in [1.807, 2.05) is 0 Å².